The summed E-state index contributed by atoms with van der Waals surface area (Å²) in [5.41, 5.74) is 2.20. The summed E-state index contributed by atoms with van der Waals surface area (Å²) in [6.07, 6.45) is 4.46. The average molecular weight is 283 g/mol. The van der Waals surface area contributed by atoms with Gasteiger partial charge in [0, 0.05) is 12.1 Å². The van der Waals surface area contributed by atoms with Gasteiger partial charge in [-0.1, -0.05) is 36.4 Å². The Balaban J connectivity index is 1.98. The molecule has 0 amide bonds. The molecule has 0 aromatic heterocycles. The molecule has 0 aliphatic carbocycles. The van der Waals surface area contributed by atoms with E-state index < -0.39 is 10.9 Å². The number of carboxylic acids is 1. The van der Waals surface area contributed by atoms with Crippen molar-refractivity contribution < 1.29 is 14.8 Å². The van der Waals surface area contributed by atoms with Crippen molar-refractivity contribution >= 4 is 17.7 Å². The van der Waals surface area contributed by atoms with Crippen LogP contribution in [0, 0.1) is 10.1 Å². The minimum Gasteiger partial charge on any atom is -0.478 e. The minimum atomic E-state index is -0.948. The molecule has 2 rings (SSSR count). The van der Waals surface area contributed by atoms with Crippen LogP contribution in [0.2, 0.25) is 0 Å². The highest BCUT2D eigenvalue weighted by Crippen LogP contribution is 2.13. The van der Waals surface area contributed by atoms with Gasteiger partial charge in [0.1, 0.15) is 0 Å². The van der Waals surface area contributed by atoms with E-state index in [1.807, 2.05) is 12.2 Å². The average Bonchev–Trinajstić information content (AvgIpc) is 2.48. The van der Waals surface area contributed by atoms with Crippen LogP contribution >= 0.6 is 0 Å². The number of non-ortho nitro benzene ring substituents is 1. The van der Waals surface area contributed by atoms with E-state index >= 15 is 0 Å². The molecule has 0 saturated carbocycles. The van der Waals surface area contributed by atoms with Crippen molar-refractivity contribution in [3.63, 3.8) is 0 Å². The lowest BCUT2D eigenvalue weighted by Gasteiger charge is -1.98. The first-order chi connectivity index (χ1) is 10.1. The van der Waals surface area contributed by atoms with Gasteiger partial charge in [-0.2, -0.15) is 0 Å². The van der Waals surface area contributed by atoms with E-state index in [2.05, 4.69) is 0 Å². The lowest BCUT2D eigenvalue weighted by atomic mass is 10.1. The Morgan fingerprint density at radius 3 is 2.24 bits per heavy atom. The van der Waals surface area contributed by atoms with E-state index in [4.69, 9.17) is 5.11 Å². The second kappa shape index (κ2) is 6.47. The second-order valence-corrected chi connectivity index (χ2v) is 4.46. The zero-order chi connectivity index (χ0) is 15.2. The summed E-state index contributed by atoms with van der Waals surface area (Å²) in [5.74, 6) is -0.948. The molecule has 0 saturated heterocycles. The molecule has 0 atom stereocenters. The molecule has 0 radical (unpaired) electrons. The molecule has 0 heterocycles. The number of carboxylic acid groups (broad SMARTS) is 1. The Kier molecular flexibility index (Phi) is 4.46. The molecule has 0 aliphatic heterocycles. The van der Waals surface area contributed by atoms with Crippen LogP contribution in [0.4, 0.5) is 5.69 Å². The van der Waals surface area contributed by atoms with Crippen LogP contribution < -0.4 is 0 Å². The Morgan fingerprint density at radius 1 is 1.10 bits per heavy atom. The highest BCUT2D eigenvalue weighted by molar-refractivity contribution is 5.87. The first kappa shape index (κ1) is 14.5. The predicted octanol–water partition coefficient (Wildman–Crippen LogP) is 3.55. The topological polar surface area (TPSA) is 80.4 Å². The van der Waals surface area contributed by atoms with Crippen LogP contribution in [0.25, 0.3) is 6.08 Å². The zero-order valence-electron chi connectivity index (χ0n) is 11.1. The number of carbonyl (C=O) groups is 1. The molecule has 5 heteroatoms. The summed E-state index contributed by atoms with van der Waals surface area (Å²) in [5, 5.41) is 19.3. The Bertz CT molecular complexity index is 672. The standard InChI is InChI=1S/C16H13NO4/c18-16(19)14-8-4-12(5-9-14)2-1-3-13-6-10-15(11-7-13)17(20)21/h1-2,4-11H,3H2,(H,18,19). The van der Waals surface area contributed by atoms with Crippen molar-refractivity contribution in [1.29, 1.82) is 0 Å². The number of benzene rings is 2. The summed E-state index contributed by atoms with van der Waals surface area (Å²) in [7, 11) is 0. The van der Waals surface area contributed by atoms with E-state index in [9.17, 15) is 14.9 Å². The van der Waals surface area contributed by atoms with Crippen molar-refractivity contribution in [3.8, 4) is 0 Å². The fourth-order valence-electron chi connectivity index (χ4n) is 1.82. The van der Waals surface area contributed by atoms with E-state index in [0.717, 1.165) is 11.1 Å². The van der Waals surface area contributed by atoms with Gasteiger partial charge in [0.15, 0.2) is 0 Å². The molecule has 0 spiro atoms. The number of hydrogen-bond acceptors (Lipinski definition) is 3. The van der Waals surface area contributed by atoms with Gasteiger partial charge in [0.25, 0.3) is 5.69 Å². The van der Waals surface area contributed by atoms with Gasteiger partial charge in [0.05, 0.1) is 10.5 Å². The quantitative estimate of drug-likeness (QED) is 0.672. The lowest BCUT2D eigenvalue weighted by Crippen LogP contribution is -1.94. The maximum Gasteiger partial charge on any atom is 0.335 e. The fourth-order valence-corrected chi connectivity index (χ4v) is 1.82. The third-order valence-electron chi connectivity index (χ3n) is 2.97. The van der Waals surface area contributed by atoms with Gasteiger partial charge in [-0.25, -0.2) is 4.79 Å². The van der Waals surface area contributed by atoms with E-state index in [1.54, 1.807) is 36.4 Å². The van der Waals surface area contributed by atoms with E-state index in [1.165, 1.54) is 12.1 Å². The molecule has 1 N–H and O–H groups in total. The van der Waals surface area contributed by atoms with Gasteiger partial charge < -0.3 is 5.11 Å². The first-order valence-corrected chi connectivity index (χ1v) is 6.29. The van der Waals surface area contributed by atoms with Crippen molar-refractivity contribution in [2.45, 2.75) is 6.42 Å². The molecule has 21 heavy (non-hydrogen) atoms. The summed E-state index contributed by atoms with van der Waals surface area (Å²) in [4.78, 5) is 20.8. The van der Waals surface area contributed by atoms with Crippen LogP contribution in [-0.4, -0.2) is 16.0 Å². The molecule has 0 bridgehead atoms. The van der Waals surface area contributed by atoms with Crippen LogP contribution in [0.5, 0.6) is 0 Å². The predicted molar refractivity (Wildman–Crippen MR) is 79.2 cm³/mol. The molecule has 0 aliphatic rings. The Morgan fingerprint density at radius 2 is 1.71 bits per heavy atom. The normalized spacial score (nSPS) is 10.7. The summed E-state index contributed by atoms with van der Waals surface area (Å²) in [6.45, 7) is 0. The molecule has 2 aromatic carbocycles. The molecule has 2 aromatic rings. The van der Waals surface area contributed by atoms with Crippen molar-refractivity contribution in [2.24, 2.45) is 0 Å². The number of allylic oxidation sites excluding steroid dienone is 1. The fraction of sp³-hybridized carbons (Fsp3) is 0.0625. The molecule has 5 nitrogen and oxygen atoms in total. The van der Waals surface area contributed by atoms with Gasteiger partial charge in [-0.15, -0.1) is 0 Å². The van der Waals surface area contributed by atoms with Crippen LogP contribution in [0.3, 0.4) is 0 Å². The molecule has 0 fully saturated rings. The highest BCUT2D eigenvalue weighted by atomic mass is 16.6. The van der Waals surface area contributed by atoms with Gasteiger partial charge in [-0.05, 0) is 29.7 Å². The number of rotatable bonds is 5. The van der Waals surface area contributed by atoms with E-state index in [0.29, 0.717) is 6.42 Å². The van der Waals surface area contributed by atoms with Gasteiger partial charge in [-0.3, -0.25) is 10.1 Å². The smallest absolute Gasteiger partial charge is 0.335 e. The van der Waals surface area contributed by atoms with Gasteiger partial charge in [0.2, 0.25) is 0 Å². The Hall–Kier alpha value is -2.95. The Labute approximate surface area is 121 Å². The molecule has 0 unspecified atom stereocenters. The van der Waals surface area contributed by atoms with Crippen LogP contribution in [0.1, 0.15) is 21.5 Å². The summed E-state index contributed by atoms with van der Waals surface area (Å²) in [6, 6.07) is 13.0. The largest absolute Gasteiger partial charge is 0.478 e. The monoisotopic (exact) mass is 283 g/mol. The maximum atomic E-state index is 10.7. The zero-order valence-corrected chi connectivity index (χ0v) is 11.1. The third kappa shape index (κ3) is 4.01. The van der Waals surface area contributed by atoms with Gasteiger partial charge >= 0.3 is 5.97 Å². The summed E-state index contributed by atoms with van der Waals surface area (Å²) >= 11 is 0. The number of nitro benzene ring substituents is 1. The van der Waals surface area contributed by atoms with E-state index in [-0.39, 0.29) is 11.3 Å². The van der Waals surface area contributed by atoms with Crippen LogP contribution in [-0.2, 0) is 6.42 Å². The molecule has 106 valence electrons. The third-order valence-corrected chi connectivity index (χ3v) is 2.97. The second-order valence-electron chi connectivity index (χ2n) is 4.46. The van der Waals surface area contributed by atoms with Crippen LogP contribution in [0.15, 0.2) is 54.6 Å². The summed E-state index contributed by atoms with van der Waals surface area (Å²) < 4.78 is 0. The molecular weight excluding hydrogens is 270 g/mol. The number of aromatic carboxylic acids is 1. The highest BCUT2D eigenvalue weighted by Gasteiger charge is 2.03. The SMILES string of the molecule is O=C(O)c1ccc(C=CCc2ccc([N+](=O)[O-])cc2)cc1. The molecular formula is C16H13NO4. The van der Waals surface area contributed by atoms with Crippen molar-refractivity contribution in [2.75, 3.05) is 0 Å². The van der Waals surface area contributed by atoms with Crippen molar-refractivity contribution in [3.05, 3.63) is 81.4 Å². The number of nitrogens with zero attached hydrogens (tertiary/aromatic N) is 1. The van der Waals surface area contributed by atoms with Crippen molar-refractivity contribution in [1.82, 2.24) is 0 Å². The number of hydrogen-bond donors (Lipinski definition) is 1. The minimum absolute atomic E-state index is 0.0759. The number of nitro groups is 1. The first-order valence-electron chi connectivity index (χ1n) is 6.29. The lowest BCUT2D eigenvalue weighted by molar-refractivity contribution is -0.384. The maximum absolute atomic E-state index is 10.7.